The summed E-state index contributed by atoms with van der Waals surface area (Å²) in [6.07, 6.45) is 0.364. The number of halogens is 1. The molecule has 0 saturated heterocycles. The molecule has 0 bridgehead atoms. The third-order valence-electron chi connectivity index (χ3n) is 6.24. The number of hydrogen-bond acceptors (Lipinski definition) is 4. The van der Waals surface area contributed by atoms with Crippen LogP contribution in [0.25, 0.3) is 0 Å². The number of hydrogen-bond donors (Lipinski definition) is 1. The third-order valence-corrected chi connectivity index (χ3v) is 8.28. The minimum absolute atomic E-state index is 0.0599. The number of rotatable bonds is 10. The number of nitrogens with zero attached hydrogens (tertiary/aromatic N) is 2. The van der Waals surface area contributed by atoms with Crippen molar-refractivity contribution in [3.63, 3.8) is 0 Å². The van der Waals surface area contributed by atoms with E-state index in [2.05, 4.69) is 5.32 Å². The molecule has 37 heavy (non-hydrogen) atoms. The Hall–Kier alpha value is -3.36. The van der Waals surface area contributed by atoms with Crippen molar-refractivity contribution in [2.45, 2.75) is 44.7 Å². The summed E-state index contributed by atoms with van der Waals surface area (Å²) < 4.78 is 28.6. The van der Waals surface area contributed by atoms with Gasteiger partial charge in [-0.2, -0.15) is 0 Å². The molecular weight excluding hydrogens is 510 g/mol. The molecule has 2 amide bonds. The molecule has 1 N–H and O–H groups in total. The molecule has 7 nitrogen and oxygen atoms in total. The van der Waals surface area contributed by atoms with Crippen molar-refractivity contribution in [3.05, 3.63) is 94.5 Å². The molecule has 0 fully saturated rings. The molecular formula is C28H32ClN3O4S. The van der Waals surface area contributed by atoms with E-state index in [0.717, 1.165) is 21.0 Å². The van der Waals surface area contributed by atoms with E-state index in [1.54, 1.807) is 36.4 Å². The smallest absolute Gasteiger partial charge is 0.264 e. The van der Waals surface area contributed by atoms with E-state index in [1.165, 1.54) is 24.1 Å². The molecule has 0 aliphatic rings. The zero-order valence-electron chi connectivity index (χ0n) is 21.4. The number of carbonyl (C=O) groups excluding carboxylic acids is 2. The summed E-state index contributed by atoms with van der Waals surface area (Å²) in [6, 6.07) is 19.5. The number of amides is 2. The molecule has 3 aromatic rings. The minimum atomic E-state index is -4.11. The fraction of sp³-hybridized carbons (Fsp3) is 0.286. The van der Waals surface area contributed by atoms with Crippen LogP contribution in [0, 0.1) is 13.8 Å². The van der Waals surface area contributed by atoms with E-state index in [-0.39, 0.29) is 17.3 Å². The van der Waals surface area contributed by atoms with E-state index in [9.17, 15) is 18.0 Å². The molecule has 0 aliphatic heterocycles. The Morgan fingerprint density at radius 1 is 0.946 bits per heavy atom. The second-order valence-electron chi connectivity index (χ2n) is 8.79. The van der Waals surface area contributed by atoms with Crippen molar-refractivity contribution >= 4 is 39.1 Å². The van der Waals surface area contributed by atoms with Gasteiger partial charge in [-0.05, 0) is 67.8 Å². The number of anilines is 1. The van der Waals surface area contributed by atoms with Crippen LogP contribution in [-0.4, -0.2) is 44.8 Å². The average molecular weight is 542 g/mol. The molecule has 0 radical (unpaired) electrons. The molecule has 196 valence electrons. The number of sulfonamides is 1. The predicted octanol–water partition coefficient (Wildman–Crippen LogP) is 4.71. The Morgan fingerprint density at radius 2 is 1.57 bits per heavy atom. The van der Waals surface area contributed by atoms with Gasteiger partial charge in [0.15, 0.2) is 0 Å². The van der Waals surface area contributed by atoms with Crippen molar-refractivity contribution in [3.8, 4) is 0 Å². The molecule has 3 rings (SSSR count). The fourth-order valence-corrected chi connectivity index (χ4v) is 5.57. The molecule has 0 heterocycles. The van der Waals surface area contributed by atoms with Gasteiger partial charge in [0.1, 0.15) is 12.6 Å². The van der Waals surface area contributed by atoms with Crippen molar-refractivity contribution in [1.82, 2.24) is 10.2 Å². The van der Waals surface area contributed by atoms with Gasteiger partial charge >= 0.3 is 0 Å². The first kappa shape index (κ1) is 28.2. The summed E-state index contributed by atoms with van der Waals surface area (Å²) in [5.74, 6) is -0.812. The van der Waals surface area contributed by atoms with Gasteiger partial charge in [0.25, 0.3) is 10.0 Å². The second kappa shape index (κ2) is 12.3. The summed E-state index contributed by atoms with van der Waals surface area (Å²) >= 11 is 6.05. The van der Waals surface area contributed by atoms with E-state index < -0.39 is 28.5 Å². The Bertz CT molecular complexity index is 1340. The molecule has 0 aliphatic carbocycles. The lowest BCUT2D eigenvalue weighted by molar-refractivity contribution is -0.140. The van der Waals surface area contributed by atoms with Crippen molar-refractivity contribution in [2.24, 2.45) is 0 Å². The lowest BCUT2D eigenvalue weighted by Gasteiger charge is -2.33. The Morgan fingerprint density at radius 3 is 2.14 bits per heavy atom. The standard InChI is InChI=1S/C28H32ClN3O4S/c1-5-26(28(34)30-4)31(18-22-9-7-6-8-21(22)3)27(33)19-32(24-14-12-23(29)13-15-24)37(35,36)25-16-10-20(2)11-17-25/h6-17,26H,5,18-19H2,1-4H3,(H,30,34). The van der Waals surface area contributed by atoms with Gasteiger partial charge in [-0.15, -0.1) is 0 Å². The van der Waals surface area contributed by atoms with Gasteiger partial charge < -0.3 is 10.2 Å². The third kappa shape index (κ3) is 6.70. The van der Waals surface area contributed by atoms with E-state index in [1.807, 2.05) is 45.0 Å². The van der Waals surface area contributed by atoms with Crippen LogP contribution >= 0.6 is 11.6 Å². The molecule has 3 aromatic carbocycles. The molecule has 1 unspecified atom stereocenters. The van der Waals surface area contributed by atoms with Crippen LogP contribution in [0.1, 0.15) is 30.0 Å². The number of likely N-dealkylation sites (N-methyl/N-ethyl adjacent to an activating group) is 1. The fourth-order valence-electron chi connectivity index (χ4n) is 4.03. The zero-order chi connectivity index (χ0) is 27.2. The maximum atomic E-state index is 13.9. The average Bonchev–Trinajstić information content (AvgIpc) is 2.88. The highest BCUT2D eigenvalue weighted by atomic mass is 35.5. The highest BCUT2D eigenvalue weighted by Crippen LogP contribution is 2.26. The first-order valence-electron chi connectivity index (χ1n) is 12.0. The van der Waals surface area contributed by atoms with Gasteiger partial charge in [0.05, 0.1) is 10.6 Å². The van der Waals surface area contributed by atoms with Gasteiger partial charge in [0, 0.05) is 18.6 Å². The van der Waals surface area contributed by atoms with Crippen LogP contribution in [-0.2, 0) is 26.2 Å². The molecule has 0 saturated carbocycles. The zero-order valence-corrected chi connectivity index (χ0v) is 23.0. The SMILES string of the molecule is CCC(C(=O)NC)N(Cc1ccccc1C)C(=O)CN(c1ccc(Cl)cc1)S(=O)(=O)c1ccc(C)cc1. The van der Waals surface area contributed by atoms with E-state index >= 15 is 0 Å². The number of benzene rings is 3. The molecule has 9 heteroatoms. The first-order chi connectivity index (χ1) is 17.6. The van der Waals surface area contributed by atoms with Crippen LogP contribution < -0.4 is 9.62 Å². The highest BCUT2D eigenvalue weighted by molar-refractivity contribution is 7.92. The lowest BCUT2D eigenvalue weighted by atomic mass is 10.1. The molecule has 0 spiro atoms. The summed E-state index contributed by atoms with van der Waals surface area (Å²) in [6.45, 7) is 5.29. The second-order valence-corrected chi connectivity index (χ2v) is 11.1. The van der Waals surface area contributed by atoms with Crippen molar-refractivity contribution in [2.75, 3.05) is 17.9 Å². The largest absolute Gasteiger partial charge is 0.357 e. The summed E-state index contributed by atoms with van der Waals surface area (Å²) in [7, 11) is -2.59. The van der Waals surface area contributed by atoms with Crippen LogP contribution in [0.3, 0.4) is 0 Å². The summed E-state index contributed by atoms with van der Waals surface area (Å²) in [4.78, 5) is 28.1. The first-order valence-corrected chi connectivity index (χ1v) is 13.8. The maximum Gasteiger partial charge on any atom is 0.264 e. The van der Waals surface area contributed by atoms with Crippen LogP contribution in [0.2, 0.25) is 5.02 Å². The van der Waals surface area contributed by atoms with Crippen LogP contribution in [0.4, 0.5) is 5.69 Å². The molecule has 0 aromatic heterocycles. The maximum absolute atomic E-state index is 13.9. The summed E-state index contributed by atoms with van der Waals surface area (Å²) in [5.41, 5.74) is 3.04. The number of nitrogens with one attached hydrogen (secondary N) is 1. The Balaban J connectivity index is 2.06. The van der Waals surface area contributed by atoms with Gasteiger partial charge in [-0.3, -0.25) is 13.9 Å². The van der Waals surface area contributed by atoms with Crippen molar-refractivity contribution < 1.29 is 18.0 Å². The summed E-state index contributed by atoms with van der Waals surface area (Å²) in [5, 5.41) is 3.06. The van der Waals surface area contributed by atoms with Gasteiger partial charge in [0.2, 0.25) is 11.8 Å². The lowest BCUT2D eigenvalue weighted by Crippen LogP contribution is -2.51. The Kier molecular flexibility index (Phi) is 9.34. The van der Waals surface area contributed by atoms with Gasteiger partial charge in [-0.1, -0.05) is 60.5 Å². The van der Waals surface area contributed by atoms with Crippen molar-refractivity contribution in [1.29, 1.82) is 0 Å². The molecule has 1 atom stereocenters. The highest BCUT2D eigenvalue weighted by Gasteiger charge is 2.33. The number of carbonyl (C=O) groups is 2. The monoisotopic (exact) mass is 541 g/mol. The normalized spacial score (nSPS) is 12.0. The van der Waals surface area contributed by atoms with Crippen LogP contribution in [0.5, 0.6) is 0 Å². The predicted molar refractivity (Wildman–Crippen MR) is 147 cm³/mol. The minimum Gasteiger partial charge on any atom is -0.357 e. The quantitative estimate of drug-likeness (QED) is 0.403. The van der Waals surface area contributed by atoms with E-state index in [4.69, 9.17) is 11.6 Å². The topological polar surface area (TPSA) is 86.8 Å². The van der Waals surface area contributed by atoms with Crippen LogP contribution in [0.15, 0.2) is 77.7 Å². The number of aryl methyl sites for hydroxylation is 2. The van der Waals surface area contributed by atoms with Gasteiger partial charge in [-0.25, -0.2) is 8.42 Å². The Labute approximate surface area is 224 Å². The van der Waals surface area contributed by atoms with E-state index in [0.29, 0.717) is 17.1 Å².